The zero-order chi connectivity index (χ0) is 11.8. The van der Waals surface area contributed by atoms with Crippen LogP contribution in [0.5, 0.6) is 0 Å². The van der Waals surface area contributed by atoms with Crippen LogP contribution in [0.2, 0.25) is 0 Å². The summed E-state index contributed by atoms with van der Waals surface area (Å²) >= 11 is 0. The normalized spacial score (nSPS) is 8.81. The second-order valence-electron chi connectivity index (χ2n) is 3.21. The Morgan fingerprint density at radius 2 is 2.12 bits per heavy atom. The van der Waals surface area contributed by atoms with Gasteiger partial charge in [-0.2, -0.15) is 0 Å². The average Bonchev–Trinajstić information content (AvgIpc) is 2.27. The van der Waals surface area contributed by atoms with Gasteiger partial charge in [-0.3, -0.25) is 4.79 Å². The smallest absolute Gasteiger partial charge is 0.308 e. The van der Waals surface area contributed by atoms with Crippen molar-refractivity contribution in [3.63, 3.8) is 0 Å². The Morgan fingerprint density at radius 1 is 1.44 bits per heavy atom. The molecule has 0 heterocycles. The van der Waals surface area contributed by atoms with Crippen molar-refractivity contribution in [3.05, 3.63) is 60.0 Å². The van der Waals surface area contributed by atoms with E-state index >= 15 is 0 Å². The maximum Gasteiger partial charge on any atom is 0.308 e. The SMILES string of the molecule is C=CCC(=C=Cc1ccccc1)OC(C)=O. The third-order valence-electron chi connectivity index (χ3n) is 1.80. The third kappa shape index (κ3) is 4.45. The molecule has 0 bridgehead atoms. The molecule has 0 saturated heterocycles. The number of hydrogen-bond donors (Lipinski definition) is 0. The first kappa shape index (κ1) is 12.0. The van der Waals surface area contributed by atoms with E-state index in [2.05, 4.69) is 12.3 Å². The van der Waals surface area contributed by atoms with Crippen LogP contribution >= 0.6 is 0 Å². The first-order valence-corrected chi connectivity index (χ1v) is 5.02. The summed E-state index contributed by atoms with van der Waals surface area (Å²) in [4.78, 5) is 10.8. The van der Waals surface area contributed by atoms with Crippen molar-refractivity contribution in [2.24, 2.45) is 0 Å². The summed E-state index contributed by atoms with van der Waals surface area (Å²) in [5.41, 5.74) is 3.96. The van der Waals surface area contributed by atoms with Crippen molar-refractivity contribution < 1.29 is 9.53 Å². The largest absolute Gasteiger partial charge is 0.422 e. The lowest BCUT2D eigenvalue weighted by atomic mass is 10.2. The summed E-state index contributed by atoms with van der Waals surface area (Å²) in [7, 11) is 0. The predicted molar refractivity (Wildman–Crippen MR) is 64.5 cm³/mol. The van der Waals surface area contributed by atoms with Gasteiger partial charge in [0, 0.05) is 13.3 Å². The molecule has 2 nitrogen and oxygen atoms in total. The van der Waals surface area contributed by atoms with E-state index in [0.29, 0.717) is 12.2 Å². The molecular weight excluding hydrogens is 200 g/mol. The molecule has 1 aromatic rings. The van der Waals surface area contributed by atoms with E-state index in [9.17, 15) is 4.79 Å². The molecule has 1 aromatic carbocycles. The van der Waals surface area contributed by atoms with Gasteiger partial charge in [0.1, 0.15) is 0 Å². The molecule has 0 aromatic heterocycles. The first-order chi connectivity index (χ1) is 7.72. The van der Waals surface area contributed by atoms with E-state index < -0.39 is 0 Å². The summed E-state index contributed by atoms with van der Waals surface area (Å²) in [5.74, 6) is 0.136. The van der Waals surface area contributed by atoms with Crippen molar-refractivity contribution in [1.82, 2.24) is 0 Å². The zero-order valence-electron chi connectivity index (χ0n) is 9.27. The molecule has 0 aliphatic carbocycles. The van der Waals surface area contributed by atoms with Crippen molar-refractivity contribution in [3.8, 4) is 0 Å². The summed E-state index contributed by atoms with van der Waals surface area (Å²) in [6.07, 6.45) is 3.94. The molecule has 0 unspecified atom stereocenters. The van der Waals surface area contributed by atoms with Crippen LogP contribution in [0.3, 0.4) is 0 Å². The number of hydrogen-bond acceptors (Lipinski definition) is 2. The second-order valence-corrected chi connectivity index (χ2v) is 3.21. The van der Waals surface area contributed by atoms with Gasteiger partial charge in [-0.15, -0.1) is 6.58 Å². The second kappa shape index (κ2) is 6.44. The fourth-order valence-corrected chi connectivity index (χ4v) is 1.15. The van der Waals surface area contributed by atoms with Crippen LogP contribution in [-0.4, -0.2) is 5.97 Å². The maximum absolute atomic E-state index is 10.8. The average molecular weight is 214 g/mol. The van der Waals surface area contributed by atoms with E-state index in [4.69, 9.17) is 4.74 Å². The topological polar surface area (TPSA) is 26.3 Å². The van der Waals surface area contributed by atoms with Crippen LogP contribution in [-0.2, 0) is 9.53 Å². The monoisotopic (exact) mass is 214 g/mol. The predicted octanol–water partition coefficient (Wildman–Crippen LogP) is 3.32. The van der Waals surface area contributed by atoms with Crippen LogP contribution in [0.4, 0.5) is 0 Å². The molecule has 0 amide bonds. The minimum absolute atomic E-state index is 0.342. The molecule has 2 heteroatoms. The Hall–Kier alpha value is -2.05. The van der Waals surface area contributed by atoms with Gasteiger partial charge < -0.3 is 4.74 Å². The first-order valence-electron chi connectivity index (χ1n) is 5.02. The molecule has 0 radical (unpaired) electrons. The quantitative estimate of drug-likeness (QED) is 0.332. The number of benzene rings is 1. The Kier molecular flexibility index (Phi) is 4.84. The zero-order valence-corrected chi connectivity index (χ0v) is 9.27. The number of rotatable bonds is 4. The number of carbonyl (C=O) groups is 1. The van der Waals surface area contributed by atoms with Gasteiger partial charge in [0.2, 0.25) is 0 Å². The minimum atomic E-state index is -0.342. The van der Waals surface area contributed by atoms with E-state index in [1.54, 1.807) is 12.2 Å². The Balaban J connectivity index is 2.88. The lowest BCUT2D eigenvalue weighted by molar-refractivity contribution is -0.136. The minimum Gasteiger partial charge on any atom is -0.422 e. The van der Waals surface area contributed by atoms with Crippen LogP contribution in [0.25, 0.3) is 6.08 Å². The molecule has 0 aliphatic rings. The molecule has 1 rings (SSSR count). The molecule has 0 fully saturated rings. The van der Waals surface area contributed by atoms with Gasteiger partial charge in [0.15, 0.2) is 5.76 Å². The van der Waals surface area contributed by atoms with Crippen molar-refractivity contribution in [1.29, 1.82) is 0 Å². The van der Waals surface area contributed by atoms with Crippen LogP contribution in [0, 0.1) is 0 Å². The Labute approximate surface area is 95.6 Å². The van der Waals surface area contributed by atoms with Gasteiger partial charge >= 0.3 is 5.97 Å². The standard InChI is InChI=1S/C14H14O2/c1-3-7-14(16-12(2)15)11-10-13-8-5-4-6-9-13/h3-6,8-10H,1,7H2,2H3. The van der Waals surface area contributed by atoms with Gasteiger partial charge in [0.05, 0.1) is 0 Å². The molecule has 0 N–H and O–H groups in total. The Morgan fingerprint density at radius 3 is 2.69 bits per heavy atom. The van der Waals surface area contributed by atoms with Gasteiger partial charge in [-0.25, -0.2) is 0 Å². The van der Waals surface area contributed by atoms with E-state index in [-0.39, 0.29) is 5.97 Å². The highest BCUT2D eigenvalue weighted by Crippen LogP contribution is 2.06. The number of ether oxygens (including phenoxy) is 1. The summed E-state index contributed by atoms with van der Waals surface area (Å²) in [6.45, 7) is 4.97. The number of allylic oxidation sites excluding steroid dienone is 1. The lowest BCUT2D eigenvalue weighted by Crippen LogP contribution is -1.96. The molecule has 82 valence electrons. The molecule has 16 heavy (non-hydrogen) atoms. The summed E-state index contributed by atoms with van der Waals surface area (Å²) in [5, 5.41) is 0. The fraction of sp³-hybridized carbons (Fsp3) is 0.143. The van der Waals surface area contributed by atoms with Crippen molar-refractivity contribution >= 4 is 12.0 Å². The van der Waals surface area contributed by atoms with Crippen molar-refractivity contribution in [2.45, 2.75) is 13.3 Å². The van der Waals surface area contributed by atoms with E-state index in [0.717, 1.165) is 5.56 Å². The van der Waals surface area contributed by atoms with Gasteiger partial charge in [-0.1, -0.05) is 42.1 Å². The Bertz CT molecular complexity index is 423. The summed E-state index contributed by atoms with van der Waals surface area (Å²) in [6, 6.07) is 9.72. The van der Waals surface area contributed by atoms with Gasteiger partial charge in [-0.05, 0) is 11.6 Å². The van der Waals surface area contributed by atoms with Crippen molar-refractivity contribution in [2.75, 3.05) is 0 Å². The molecule has 0 saturated carbocycles. The number of carbonyl (C=O) groups excluding carboxylic acids is 1. The molecule has 0 atom stereocenters. The summed E-state index contributed by atoms with van der Waals surface area (Å²) < 4.78 is 4.98. The van der Waals surface area contributed by atoms with E-state index in [1.807, 2.05) is 30.3 Å². The van der Waals surface area contributed by atoms with E-state index in [1.165, 1.54) is 6.92 Å². The molecular formula is C14H14O2. The molecule has 0 spiro atoms. The third-order valence-corrected chi connectivity index (χ3v) is 1.80. The van der Waals surface area contributed by atoms with Crippen LogP contribution in [0.1, 0.15) is 18.9 Å². The van der Waals surface area contributed by atoms with Crippen LogP contribution in [0.15, 0.2) is 54.5 Å². The highest BCUT2D eigenvalue weighted by molar-refractivity contribution is 5.67. The van der Waals surface area contributed by atoms with Gasteiger partial charge in [0.25, 0.3) is 0 Å². The fourth-order valence-electron chi connectivity index (χ4n) is 1.15. The number of esters is 1. The van der Waals surface area contributed by atoms with Crippen LogP contribution < -0.4 is 0 Å². The lowest BCUT2D eigenvalue weighted by Gasteiger charge is -1.99. The highest BCUT2D eigenvalue weighted by Gasteiger charge is 1.97. The highest BCUT2D eigenvalue weighted by atomic mass is 16.5. The maximum atomic E-state index is 10.8. The molecule has 0 aliphatic heterocycles.